The van der Waals surface area contributed by atoms with Gasteiger partial charge in [-0.05, 0) is 46.3 Å². The second-order valence-corrected chi connectivity index (χ2v) is 5.22. The monoisotopic (exact) mass is 344 g/mol. The minimum atomic E-state index is -0.724. The Bertz CT molecular complexity index is 623. The molecule has 0 aliphatic heterocycles. The van der Waals surface area contributed by atoms with E-state index < -0.39 is 11.6 Å². The summed E-state index contributed by atoms with van der Waals surface area (Å²) in [5, 5.41) is 0.473. The Morgan fingerprint density at radius 1 is 1.16 bits per heavy atom. The molecule has 0 saturated heterocycles. The number of rotatable bonds is 3. The summed E-state index contributed by atoms with van der Waals surface area (Å²) in [6.07, 6.45) is -0.335. The van der Waals surface area contributed by atoms with Gasteiger partial charge in [0.15, 0.2) is 5.78 Å². The van der Waals surface area contributed by atoms with Crippen LogP contribution in [0.25, 0.3) is 0 Å². The van der Waals surface area contributed by atoms with E-state index in [9.17, 15) is 13.6 Å². The summed E-state index contributed by atoms with van der Waals surface area (Å²) in [5.74, 6) is -1.83. The summed E-state index contributed by atoms with van der Waals surface area (Å²) in [5.41, 5.74) is 0.112. The number of halogens is 4. The van der Waals surface area contributed by atoms with Crippen LogP contribution in [0.4, 0.5) is 8.78 Å². The molecule has 0 saturated carbocycles. The molecule has 0 heterocycles. The van der Waals surface area contributed by atoms with E-state index in [4.69, 9.17) is 11.6 Å². The molecule has 0 bridgehead atoms. The molecule has 98 valence electrons. The van der Waals surface area contributed by atoms with E-state index in [2.05, 4.69) is 15.9 Å². The summed E-state index contributed by atoms with van der Waals surface area (Å²) in [4.78, 5) is 12.0. The largest absolute Gasteiger partial charge is 0.294 e. The molecule has 2 aromatic carbocycles. The number of ketones is 1. The third-order valence-corrected chi connectivity index (χ3v) is 3.52. The zero-order valence-corrected chi connectivity index (χ0v) is 11.9. The van der Waals surface area contributed by atoms with Gasteiger partial charge in [-0.25, -0.2) is 8.78 Å². The fourth-order valence-electron chi connectivity index (χ4n) is 1.67. The van der Waals surface area contributed by atoms with Crippen molar-refractivity contribution in [3.63, 3.8) is 0 Å². The molecular formula is C14H8BrClF2O. The predicted octanol–water partition coefficient (Wildman–Crippen LogP) is 4.81. The molecule has 0 unspecified atom stereocenters. The molecule has 0 radical (unpaired) electrons. The van der Waals surface area contributed by atoms with Crippen molar-refractivity contribution in [1.29, 1.82) is 0 Å². The van der Waals surface area contributed by atoms with Crippen LogP contribution in [-0.4, -0.2) is 5.78 Å². The lowest BCUT2D eigenvalue weighted by Crippen LogP contribution is -2.08. The number of carbonyl (C=O) groups excluding carboxylic acids is 1. The number of hydrogen-bond acceptors (Lipinski definition) is 1. The Kier molecular flexibility index (Phi) is 4.32. The number of benzene rings is 2. The second-order valence-electron chi connectivity index (χ2n) is 3.92. The Morgan fingerprint density at radius 2 is 1.79 bits per heavy atom. The molecule has 1 nitrogen and oxygen atoms in total. The van der Waals surface area contributed by atoms with E-state index in [1.165, 1.54) is 12.1 Å². The van der Waals surface area contributed by atoms with Crippen molar-refractivity contribution in [2.24, 2.45) is 0 Å². The normalized spacial score (nSPS) is 10.5. The minimum absolute atomic E-state index is 0.227. The van der Waals surface area contributed by atoms with Gasteiger partial charge < -0.3 is 0 Å². The molecule has 19 heavy (non-hydrogen) atoms. The minimum Gasteiger partial charge on any atom is -0.294 e. The average Bonchev–Trinajstić information content (AvgIpc) is 2.33. The highest BCUT2D eigenvalue weighted by molar-refractivity contribution is 9.10. The highest BCUT2D eigenvalue weighted by Crippen LogP contribution is 2.24. The van der Waals surface area contributed by atoms with Crippen LogP contribution in [0.5, 0.6) is 0 Å². The van der Waals surface area contributed by atoms with E-state index in [1.54, 1.807) is 12.1 Å². The maximum atomic E-state index is 13.5. The first-order chi connectivity index (χ1) is 8.99. The van der Waals surface area contributed by atoms with Crippen molar-refractivity contribution in [2.45, 2.75) is 6.42 Å². The van der Waals surface area contributed by atoms with Crippen LogP contribution in [0.15, 0.2) is 40.9 Å². The molecule has 0 fully saturated rings. The molecule has 0 spiro atoms. The summed E-state index contributed by atoms with van der Waals surface area (Å²) in [6, 6.07) is 8.15. The van der Waals surface area contributed by atoms with E-state index in [0.29, 0.717) is 15.1 Å². The first kappa shape index (κ1) is 14.2. The smallest absolute Gasteiger partial charge is 0.168 e. The van der Waals surface area contributed by atoms with Crippen molar-refractivity contribution in [3.8, 4) is 0 Å². The van der Waals surface area contributed by atoms with Crippen LogP contribution in [0.1, 0.15) is 15.9 Å². The van der Waals surface area contributed by atoms with E-state index in [1.807, 2.05) is 0 Å². The van der Waals surface area contributed by atoms with E-state index in [-0.39, 0.29) is 17.8 Å². The molecular weight excluding hydrogens is 338 g/mol. The molecule has 0 N–H and O–H groups in total. The quantitative estimate of drug-likeness (QED) is 0.730. The van der Waals surface area contributed by atoms with Gasteiger partial charge in [-0.15, -0.1) is 0 Å². The topological polar surface area (TPSA) is 17.1 Å². The van der Waals surface area contributed by atoms with Gasteiger partial charge in [0.2, 0.25) is 0 Å². The van der Waals surface area contributed by atoms with Crippen LogP contribution in [-0.2, 0) is 6.42 Å². The summed E-state index contributed by atoms with van der Waals surface area (Å²) >= 11 is 8.98. The lowest BCUT2D eigenvalue weighted by molar-refractivity contribution is 0.0990. The van der Waals surface area contributed by atoms with E-state index >= 15 is 0 Å². The molecule has 5 heteroatoms. The lowest BCUT2D eigenvalue weighted by atomic mass is 10.0. The first-order valence-electron chi connectivity index (χ1n) is 5.40. The van der Waals surface area contributed by atoms with Gasteiger partial charge in [0.25, 0.3) is 0 Å². The van der Waals surface area contributed by atoms with Crippen molar-refractivity contribution in [2.75, 3.05) is 0 Å². The molecule has 2 rings (SSSR count). The molecule has 0 amide bonds. The molecule has 0 aromatic heterocycles. The molecule has 0 aliphatic carbocycles. The van der Waals surface area contributed by atoms with Gasteiger partial charge in [0.1, 0.15) is 11.6 Å². The SMILES string of the molecule is O=C(Cc1c(F)cccc1F)c1ccc(Cl)cc1Br. The lowest BCUT2D eigenvalue weighted by Gasteiger charge is -2.06. The summed E-state index contributed by atoms with van der Waals surface area (Å²) in [7, 11) is 0. The van der Waals surface area contributed by atoms with Gasteiger partial charge in [-0.1, -0.05) is 17.7 Å². The van der Waals surface area contributed by atoms with Crippen molar-refractivity contribution < 1.29 is 13.6 Å². The van der Waals surface area contributed by atoms with Crippen LogP contribution in [0.2, 0.25) is 5.02 Å². The second kappa shape index (κ2) is 5.80. The highest BCUT2D eigenvalue weighted by atomic mass is 79.9. The van der Waals surface area contributed by atoms with Crippen LogP contribution >= 0.6 is 27.5 Å². The molecule has 0 atom stereocenters. The zero-order chi connectivity index (χ0) is 14.0. The Labute approximate surface area is 122 Å². The van der Waals surface area contributed by atoms with Gasteiger partial charge in [-0.2, -0.15) is 0 Å². The van der Waals surface area contributed by atoms with Gasteiger partial charge >= 0.3 is 0 Å². The fraction of sp³-hybridized carbons (Fsp3) is 0.0714. The van der Waals surface area contributed by atoms with E-state index in [0.717, 1.165) is 12.1 Å². The van der Waals surface area contributed by atoms with Crippen LogP contribution in [0.3, 0.4) is 0 Å². The third kappa shape index (κ3) is 3.19. The van der Waals surface area contributed by atoms with Gasteiger partial charge in [0.05, 0.1) is 0 Å². The number of carbonyl (C=O) groups is 1. The number of Topliss-reactive ketones (excluding diaryl/α,β-unsaturated/α-hetero) is 1. The number of hydrogen-bond donors (Lipinski definition) is 0. The van der Waals surface area contributed by atoms with Gasteiger partial charge in [0, 0.05) is 27.0 Å². The Hall–Kier alpha value is -1.26. The van der Waals surface area contributed by atoms with Crippen molar-refractivity contribution in [3.05, 3.63) is 68.7 Å². The first-order valence-corrected chi connectivity index (χ1v) is 6.57. The Balaban J connectivity index is 2.31. The maximum absolute atomic E-state index is 13.5. The summed E-state index contributed by atoms with van der Waals surface area (Å²) < 4.78 is 27.4. The van der Waals surface area contributed by atoms with Gasteiger partial charge in [-0.3, -0.25) is 4.79 Å². The maximum Gasteiger partial charge on any atom is 0.168 e. The third-order valence-electron chi connectivity index (χ3n) is 2.63. The van der Waals surface area contributed by atoms with Crippen molar-refractivity contribution in [1.82, 2.24) is 0 Å². The molecule has 0 aliphatic rings. The van der Waals surface area contributed by atoms with Crippen molar-refractivity contribution >= 4 is 33.3 Å². The highest BCUT2D eigenvalue weighted by Gasteiger charge is 2.16. The Morgan fingerprint density at radius 3 is 2.37 bits per heavy atom. The summed E-state index contributed by atoms with van der Waals surface area (Å²) in [6.45, 7) is 0. The predicted molar refractivity (Wildman–Crippen MR) is 73.5 cm³/mol. The zero-order valence-electron chi connectivity index (χ0n) is 9.59. The van der Waals surface area contributed by atoms with Crippen LogP contribution in [0, 0.1) is 11.6 Å². The standard InChI is InChI=1S/C14H8BrClF2O/c15-11-6-8(16)4-5-9(11)14(19)7-10-12(17)2-1-3-13(10)18/h1-6H,7H2. The fourth-order valence-corrected chi connectivity index (χ4v) is 2.58. The average molecular weight is 346 g/mol. The molecule has 2 aromatic rings. The van der Waals surface area contributed by atoms with Crippen LogP contribution < -0.4 is 0 Å².